The summed E-state index contributed by atoms with van der Waals surface area (Å²) in [5.74, 6) is -0.240. The highest BCUT2D eigenvalue weighted by atomic mass is 32.1. The number of aromatic nitrogens is 1. The highest BCUT2D eigenvalue weighted by molar-refractivity contribution is 7.18. The smallest absolute Gasteiger partial charge is 0.123 e. The van der Waals surface area contributed by atoms with Gasteiger partial charge < -0.3 is 0 Å². The number of nitrogens with zero attached hydrogens (tertiary/aromatic N) is 1. The first kappa shape index (κ1) is 11.4. The normalized spacial score (nSPS) is 11.1. The average Bonchev–Trinajstić information content (AvgIpc) is 2.69. The molecule has 89 valence electrons. The SMILES string of the molecule is [CH2]c1ccc2sc(C)nc2c1-c1cccc(F)c1. The minimum absolute atomic E-state index is 0.240. The molecule has 0 saturated heterocycles. The van der Waals surface area contributed by atoms with Gasteiger partial charge in [-0.15, -0.1) is 11.3 Å². The van der Waals surface area contributed by atoms with Gasteiger partial charge in [0.05, 0.1) is 15.2 Å². The van der Waals surface area contributed by atoms with Gasteiger partial charge in [0.2, 0.25) is 0 Å². The molecule has 0 fully saturated rings. The summed E-state index contributed by atoms with van der Waals surface area (Å²) in [7, 11) is 0. The summed E-state index contributed by atoms with van der Waals surface area (Å²) in [6.07, 6.45) is 0. The molecule has 1 aromatic heterocycles. The molecule has 18 heavy (non-hydrogen) atoms. The van der Waals surface area contributed by atoms with Gasteiger partial charge in [0, 0.05) is 5.56 Å². The van der Waals surface area contributed by atoms with Crippen molar-refractivity contribution in [3.05, 3.63) is 59.7 Å². The quantitative estimate of drug-likeness (QED) is 0.620. The van der Waals surface area contributed by atoms with Gasteiger partial charge in [-0.25, -0.2) is 9.37 Å². The van der Waals surface area contributed by atoms with Crippen molar-refractivity contribution < 1.29 is 4.39 Å². The molecule has 0 aliphatic heterocycles. The Bertz CT molecular complexity index is 730. The van der Waals surface area contributed by atoms with Gasteiger partial charge in [-0.3, -0.25) is 0 Å². The van der Waals surface area contributed by atoms with Crippen molar-refractivity contribution in [3.63, 3.8) is 0 Å². The highest BCUT2D eigenvalue weighted by Crippen LogP contribution is 2.34. The van der Waals surface area contributed by atoms with Crippen LogP contribution in [0.2, 0.25) is 0 Å². The lowest BCUT2D eigenvalue weighted by Gasteiger charge is -2.07. The number of fused-ring (bicyclic) bond motifs is 1. The minimum Gasteiger partial charge on any atom is -0.241 e. The standard InChI is InChI=1S/C15H11FNS/c1-9-6-7-13-15(17-10(2)18-13)14(9)11-4-3-5-12(16)8-11/h3-8H,1H2,2H3. The second-order valence-electron chi connectivity index (χ2n) is 4.19. The largest absolute Gasteiger partial charge is 0.241 e. The van der Waals surface area contributed by atoms with E-state index in [-0.39, 0.29) is 5.82 Å². The summed E-state index contributed by atoms with van der Waals surface area (Å²) >= 11 is 1.64. The van der Waals surface area contributed by atoms with Crippen molar-refractivity contribution in [2.24, 2.45) is 0 Å². The van der Waals surface area contributed by atoms with Crippen LogP contribution in [0.1, 0.15) is 10.6 Å². The molecule has 0 N–H and O–H groups in total. The molecule has 3 rings (SSSR count). The lowest BCUT2D eigenvalue weighted by Crippen LogP contribution is -1.86. The maximum Gasteiger partial charge on any atom is 0.123 e. The zero-order valence-corrected chi connectivity index (χ0v) is 10.7. The molecule has 0 unspecified atom stereocenters. The Morgan fingerprint density at radius 2 is 2.06 bits per heavy atom. The highest BCUT2D eigenvalue weighted by Gasteiger charge is 2.11. The van der Waals surface area contributed by atoms with Crippen LogP contribution in [0.3, 0.4) is 0 Å². The molecule has 3 aromatic rings. The van der Waals surface area contributed by atoms with Crippen molar-refractivity contribution in [1.82, 2.24) is 4.98 Å². The van der Waals surface area contributed by atoms with Crippen LogP contribution in [0.25, 0.3) is 21.3 Å². The lowest BCUT2D eigenvalue weighted by molar-refractivity contribution is 0.628. The molecule has 0 bridgehead atoms. The van der Waals surface area contributed by atoms with E-state index in [0.29, 0.717) is 0 Å². The van der Waals surface area contributed by atoms with Crippen LogP contribution < -0.4 is 0 Å². The topological polar surface area (TPSA) is 12.9 Å². The summed E-state index contributed by atoms with van der Waals surface area (Å²) < 4.78 is 14.5. The maximum absolute atomic E-state index is 13.4. The Labute approximate surface area is 109 Å². The molecular weight excluding hydrogens is 245 g/mol. The number of rotatable bonds is 1. The third-order valence-corrected chi connectivity index (χ3v) is 3.80. The predicted octanol–water partition coefficient (Wildman–Crippen LogP) is 4.59. The van der Waals surface area contributed by atoms with Gasteiger partial charge in [-0.05, 0) is 43.2 Å². The monoisotopic (exact) mass is 256 g/mol. The van der Waals surface area contributed by atoms with Crippen molar-refractivity contribution in [3.8, 4) is 11.1 Å². The molecule has 0 aliphatic rings. The molecule has 0 saturated carbocycles. The van der Waals surface area contributed by atoms with Crippen LogP contribution in [0.4, 0.5) is 4.39 Å². The van der Waals surface area contributed by atoms with Crippen LogP contribution in [-0.4, -0.2) is 4.98 Å². The van der Waals surface area contributed by atoms with E-state index in [9.17, 15) is 4.39 Å². The second kappa shape index (κ2) is 4.18. The number of hydrogen-bond acceptors (Lipinski definition) is 2. The van der Waals surface area contributed by atoms with Gasteiger partial charge in [-0.2, -0.15) is 0 Å². The first-order chi connectivity index (χ1) is 8.65. The molecule has 1 heterocycles. The van der Waals surface area contributed by atoms with Crippen LogP contribution in [0.5, 0.6) is 0 Å². The van der Waals surface area contributed by atoms with Gasteiger partial charge in [0.1, 0.15) is 5.82 Å². The van der Waals surface area contributed by atoms with Crippen LogP contribution in [0.15, 0.2) is 36.4 Å². The summed E-state index contributed by atoms with van der Waals surface area (Å²) in [6.45, 7) is 6.00. The Kier molecular flexibility index (Phi) is 2.63. The molecule has 1 nitrogen and oxygen atoms in total. The van der Waals surface area contributed by atoms with Gasteiger partial charge in [-0.1, -0.05) is 18.2 Å². The first-order valence-electron chi connectivity index (χ1n) is 5.63. The van der Waals surface area contributed by atoms with E-state index >= 15 is 0 Å². The van der Waals surface area contributed by atoms with Crippen LogP contribution in [-0.2, 0) is 0 Å². The summed E-state index contributed by atoms with van der Waals surface area (Å²) in [5.41, 5.74) is 3.54. The molecule has 0 amide bonds. The molecule has 2 aromatic carbocycles. The van der Waals surface area contributed by atoms with E-state index in [2.05, 4.69) is 11.9 Å². The molecule has 0 spiro atoms. The third kappa shape index (κ3) is 1.81. The Morgan fingerprint density at radius 3 is 2.83 bits per heavy atom. The van der Waals surface area contributed by atoms with Gasteiger partial charge >= 0.3 is 0 Å². The summed E-state index contributed by atoms with van der Waals surface area (Å²) in [4.78, 5) is 4.54. The van der Waals surface area contributed by atoms with E-state index < -0.39 is 0 Å². The lowest BCUT2D eigenvalue weighted by atomic mass is 9.99. The Balaban J connectivity index is 2.36. The van der Waals surface area contributed by atoms with Crippen molar-refractivity contribution in [1.29, 1.82) is 0 Å². The number of hydrogen-bond donors (Lipinski definition) is 0. The second-order valence-corrected chi connectivity index (χ2v) is 5.42. The maximum atomic E-state index is 13.4. The Morgan fingerprint density at radius 1 is 1.22 bits per heavy atom. The van der Waals surface area contributed by atoms with Crippen LogP contribution in [0, 0.1) is 19.7 Å². The predicted molar refractivity (Wildman–Crippen MR) is 74.2 cm³/mol. The van der Waals surface area contributed by atoms with Crippen LogP contribution >= 0.6 is 11.3 Å². The van der Waals surface area contributed by atoms with E-state index in [1.54, 1.807) is 17.4 Å². The number of thiazole rings is 1. The first-order valence-corrected chi connectivity index (χ1v) is 6.45. The fourth-order valence-corrected chi connectivity index (χ4v) is 2.95. The van der Waals surface area contributed by atoms with E-state index in [0.717, 1.165) is 31.9 Å². The fraction of sp³-hybridized carbons (Fsp3) is 0.0667. The summed E-state index contributed by atoms with van der Waals surface area (Å²) in [5, 5.41) is 1.01. The molecule has 1 radical (unpaired) electrons. The van der Waals surface area contributed by atoms with E-state index in [1.165, 1.54) is 12.1 Å². The van der Waals surface area contributed by atoms with Crippen molar-refractivity contribution in [2.75, 3.05) is 0 Å². The van der Waals surface area contributed by atoms with Gasteiger partial charge in [0.15, 0.2) is 0 Å². The molecule has 0 atom stereocenters. The van der Waals surface area contributed by atoms with Crippen molar-refractivity contribution >= 4 is 21.6 Å². The number of benzene rings is 2. The zero-order valence-electron chi connectivity index (χ0n) is 9.90. The molecular formula is C15H11FNS. The molecule has 3 heteroatoms. The van der Waals surface area contributed by atoms with E-state index in [4.69, 9.17) is 0 Å². The third-order valence-electron chi connectivity index (χ3n) is 2.87. The number of halogens is 1. The minimum atomic E-state index is -0.240. The Hall–Kier alpha value is -1.74. The fourth-order valence-electron chi connectivity index (χ4n) is 2.11. The zero-order chi connectivity index (χ0) is 12.7. The molecule has 0 aliphatic carbocycles. The summed E-state index contributed by atoms with van der Waals surface area (Å²) in [6, 6.07) is 10.5. The van der Waals surface area contributed by atoms with Gasteiger partial charge in [0.25, 0.3) is 0 Å². The average molecular weight is 256 g/mol. The van der Waals surface area contributed by atoms with E-state index in [1.807, 2.05) is 25.1 Å². The number of aryl methyl sites for hydroxylation is 1. The van der Waals surface area contributed by atoms with Crippen molar-refractivity contribution in [2.45, 2.75) is 6.92 Å².